The third kappa shape index (κ3) is 9.29. The molecular formula is C39H45N3O6. The maximum absolute atomic E-state index is 12.3. The molecule has 9 nitrogen and oxygen atoms in total. The molecule has 0 radical (unpaired) electrons. The Balaban J connectivity index is 1.30. The Morgan fingerprint density at radius 1 is 0.896 bits per heavy atom. The molecule has 1 aliphatic heterocycles. The normalized spacial score (nSPS) is 18.2. The molecule has 4 atom stereocenters. The van der Waals surface area contributed by atoms with Crippen LogP contribution in [0.5, 0.6) is 0 Å². The quantitative estimate of drug-likeness (QED) is 0.143. The number of carbonyl (C=O) groups is 2. The molecule has 48 heavy (non-hydrogen) atoms. The summed E-state index contributed by atoms with van der Waals surface area (Å²) in [5, 5.41) is 14.9. The summed E-state index contributed by atoms with van der Waals surface area (Å²) in [6.45, 7) is 5.01. The molecule has 1 saturated heterocycles. The Bertz CT molecular complexity index is 1610. The second-order valence-corrected chi connectivity index (χ2v) is 12.0. The number of ether oxygens (including phenoxy) is 3. The number of nitrogens with one attached hydrogen (secondary N) is 2. The monoisotopic (exact) mass is 651 g/mol. The van der Waals surface area contributed by atoms with Crippen molar-refractivity contribution < 1.29 is 28.9 Å². The molecule has 2 amide bonds. The van der Waals surface area contributed by atoms with Crippen LogP contribution >= 0.6 is 0 Å². The third-order valence-electron chi connectivity index (χ3n) is 8.70. The zero-order valence-electron chi connectivity index (χ0n) is 27.8. The van der Waals surface area contributed by atoms with Crippen molar-refractivity contribution in [2.75, 3.05) is 26.7 Å². The lowest BCUT2D eigenvalue weighted by molar-refractivity contribution is -0.253. The van der Waals surface area contributed by atoms with Crippen LogP contribution in [0.1, 0.15) is 66.5 Å². The van der Waals surface area contributed by atoms with E-state index in [9.17, 15) is 14.7 Å². The molecule has 0 aliphatic carbocycles. The van der Waals surface area contributed by atoms with Crippen LogP contribution in [0, 0.1) is 0 Å². The molecule has 0 aromatic heterocycles. The summed E-state index contributed by atoms with van der Waals surface area (Å²) < 4.78 is 18.1. The number of aliphatic hydroxyl groups is 1. The molecule has 5 rings (SSSR count). The van der Waals surface area contributed by atoms with Gasteiger partial charge in [0.05, 0.1) is 25.4 Å². The number of aliphatic hydroxyl groups excluding tert-OH is 1. The largest absolute Gasteiger partial charge is 0.465 e. The van der Waals surface area contributed by atoms with Crippen LogP contribution in [-0.2, 0) is 32.2 Å². The number of rotatable bonds is 13. The fraction of sp³-hybridized carbons (Fsp3) is 0.333. The summed E-state index contributed by atoms with van der Waals surface area (Å²) in [6, 6.07) is 34.2. The summed E-state index contributed by atoms with van der Waals surface area (Å²) in [5.41, 5.74) is 6.98. The van der Waals surface area contributed by atoms with Crippen molar-refractivity contribution in [3.63, 3.8) is 0 Å². The number of carbonyl (C=O) groups excluding carboxylic acids is 2. The van der Waals surface area contributed by atoms with Gasteiger partial charge < -0.3 is 30.0 Å². The topological polar surface area (TPSA) is 109 Å². The van der Waals surface area contributed by atoms with Gasteiger partial charge in [0, 0.05) is 31.1 Å². The zero-order chi connectivity index (χ0) is 33.9. The lowest BCUT2D eigenvalue weighted by atomic mass is 9.97. The van der Waals surface area contributed by atoms with Crippen LogP contribution in [0.2, 0.25) is 0 Å². The second kappa shape index (κ2) is 17.0. The molecule has 9 heteroatoms. The fourth-order valence-corrected chi connectivity index (χ4v) is 5.88. The molecule has 3 N–H and O–H groups in total. The van der Waals surface area contributed by atoms with E-state index in [0.29, 0.717) is 6.42 Å². The number of amides is 2. The highest BCUT2D eigenvalue weighted by atomic mass is 16.7. The first-order valence-electron chi connectivity index (χ1n) is 16.5. The van der Waals surface area contributed by atoms with Gasteiger partial charge >= 0.3 is 12.0 Å². The number of hydrogen-bond donors (Lipinski definition) is 3. The van der Waals surface area contributed by atoms with Gasteiger partial charge in [-0.15, -0.1) is 0 Å². The van der Waals surface area contributed by atoms with Gasteiger partial charge in [-0.1, -0.05) is 103 Å². The molecule has 0 saturated carbocycles. The minimum atomic E-state index is -0.569. The Morgan fingerprint density at radius 3 is 2.29 bits per heavy atom. The highest BCUT2D eigenvalue weighted by molar-refractivity contribution is 5.81. The average molecular weight is 652 g/mol. The third-order valence-corrected chi connectivity index (χ3v) is 8.70. The molecule has 252 valence electrons. The van der Waals surface area contributed by atoms with Crippen LogP contribution < -0.4 is 10.6 Å². The second-order valence-electron chi connectivity index (χ2n) is 12.0. The maximum atomic E-state index is 12.3. The van der Waals surface area contributed by atoms with Gasteiger partial charge in [0.2, 0.25) is 0 Å². The summed E-state index contributed by atoms with van der Waals surface area (Å²) >= 11 is 0. The molecule has 1 aliphatic rings. The van der Waals surface area contributed by atoms with Gasteiger partial charge in [0.1, 0.15) is 6.54 Å². The van der Waals surface area contributed by atoms with Crippen LogP contribution in [0.3, 0.4) is 0 Å². The van der Waals surface area contributed by atoms with E-state index < -0.39 is 18.3 Å². The van der Waals surface area contributed by atoms with Crippen molar-refractivity contribution in [2.45, 2.75) is 58.0 Å². The van der Waals surface area contributed by atoms with Gasteiger partial charge in [-0.2, -0.15) is 0 Å². The van der Waals surface area contributed by atoms with E-state index in [1.54, 1.807) is 6.92 Å². The summed E-state index contributed by atoms with van der Waals surface area (Å²) in [4.78, 5) is 26.2. The predicted molar refractivity (Wildman–Crippen MR) is 185 cm³/mol. The molecule has 1 heterocycles. The number of urea groups is 1. The van der Waals surface area contributed by atoms with Gasteiger partial charge in [-0.05, 0) is 54.3 Å². The minimum absolute atomic E-state index is 0.00342. The summed E-state index contributed by atoms with van der Waals surface area (Å²) in [6.07, 6.45) is -0.125. The Morgan fingerprint density at radius 2 is 1.58 bits per heavy atom. The van der Waals surface area contributed by atoms with E-state index in [2.05, 4.69) is 53.8 Å². The maximum Gasteiger partial charge on any atom is 0.325 e. The van der Waals surface area contributed by atoms with Crippen molar-refractivity contribution in [3.8, 4) is 11.1 Å². The van der Waals surface area contributed by atoms with E-state index >= 15 is 0 Å². The molecule has 0 spiro atoms. The Labute approximate surface area is 282 Å². The van der Waals surface area contributed by atoms with Crippen molar-refractivity contribution in [1.82, 2.24) is 15.5 Å². The van der Waals surface area contributed by atoms with Gasteiger partial charge in [-0.25, -0.2) is 4.79 Å². The summed E-state index contributed by atoms with van der Waals surface area (Å²) in [5.74, 6) is -0.481. The molecule has 1 fully saturated rings. The first kappa shape index (κ1) is 34.8. The SMILES string of the molecule is CCOC(=O)CNC(=O)NCc1ccccc1-c1ccc([C@H]2O[C@@H](CN(C)[C@@H](C)c3ccccc3)C[C@@H](c3ccc(CO)cc3)O2)cc1. The van der Waals surface area contributed by atoms with Crippen molar-refractivity contribution in [3.05, 3.63) is 131 Å². The Hall–Kier alpha value is -4.54. The van der Waals surface area contributed by atoms with Crippen molar-refractivity contribution in [1.29, 1.82) is 0 Å². The van der Waals surface area contributed by atoms with Crippen LogP contribution in [0.25, 0.3) is 11.1 Å². The number of nitrogens with zero attached hydrogens (tertiary/aromatic N) is 1. The number of benzene rings is 4. The standard InChI is InChI=1S/C39H45N3O6/c1-4-46-37(44)24-41-39(45)40-23-33-12-8-9-13-35(33)30-18-20-32(21-19-30)38-47-34(25-42(3)27(2)29-10-6-5-7-11-29)22-36(48-38)31-16-14-28(26-43)15-17-31/h5-21,27,34,36,38,43H,4,22-26H2,1-3H3,(H2,40,41,45)/t27-,34+,36-,38-/m0/s1. The van der Waals surface area contributed by atoms with Crippen LogP contribution in [0.15, 0.2) is 103 Å². The molecular weight excluding hydrogens is 606 g/mol. The first-order valence-corrected chi connectivity index (χ1v) is 16.5. The van der Waals surface area contributed by atoms with Crippen molar-refractivity contribution in [2.24, 2.45) is 0 Å². The van der Waals surface area contributed by atoms with Crippen molar-refractivity contribution >= 4 is 12.0 Å². The molecule has 0 unspecified atom stereocenters. The lowest BCUT2D eigenvalue weighted by Crippen LogP contribution is -2.38. The first-order chi connectivity index (χ1) is 23.3. The highest BCUT2D eigenvalue weighted by Crippen LogP contribution is 2.39. The van der Waals surface area contributed by atoms with E-state index in [1.807, 2.05) is 78.9 Å². The van der Waals surface area contributed by atoms with Crippen LogP contribution in [0.4, 0.5) is 4.79 Å². The fourth-order valence-electron chi connectivity index (χ4n) is 5.88. The van der Waals surface area contributed by atoms with Gasteiger partial charge in [-0.3, -0.25) is 9.69 Å². The van der Waals surface area contributed by atoms with Crippen LogP contribution in [-0.4, -0.2) is 54.9 Å². The number of esters is 1. The average Bonchev–Trinajstić information content (AvgIpc) is 3.13. The highest BCUT2D eigenvalue weighted by Gasteiger charge is 2.33. The molecule has 4 aromatic carbocycles. The molecule has 0 bridgehead atoms. The number of hydrogen-bond acceptors (Lipinski definition) is 7. The predicted octanol–water partition coefficient (Wildman–Crippen LogP) is 6.45. The van der Waals surface area contributed by atoms with E-state index in [4.69, 9.17) is 14.2 Å². The van der Waals surface area contributed by atoms with Gasteiger partial charge in [0.25, 0.3) is 0 Å². The van der Waals surface area contributed by atoms with E-state index in [-0.39, 0.29) is 44.6 Å². The summed E-state index contributed by atoms with van der Waals surface area (Å²) in [7, 11) is 2.13. The minimum Gasteiger partial charge on any atom is -0.465 e. The number of likely N-dealkylation sites (N-methyl/N-ethyl adjacent to an activating group) is 1. The van der Waals surface area contributed by atoms with E-state index in [1.165, 1.54) is 5.56 Å². The van der Waals surface area contributed by atoms with Gasteiger partial charge in [0.15, 0.2) is 6.29 Å². The smallest absolute Gasteiger partial charge is 0.325 e. The Kier molecular flexibility index (Phi) is 12.3. The lowest BCUT2D eigenvalue weighted by Gasteiger charge is -2.39. The zero-order valence-corrected chi connectivity index (χ0v) is 27.8. The molecule has 4 aromatic rings. The van der Waals surface area contributed by atoms with E-state index in [0.717, 1.165) is 39.9 Å².